The Labute approximate surface area is 157 Å². The highest BCUT2D eigenvalue weighted by Crippen LogP contribution is 2.21. The van der Waals surface area contributed by atoms with Gasteiger partial charge < -0.3 is 9.64 Å². The molecule has 8 heteroatoms. The van der Waals surface area contributed by atoms with Crippen molar-refractivity contribution in [1.82, 2.24) is 4.72 Å². The van der Waals surface area contributed by atoms with E-state index in [4.69, 9.17) is 16.3 Å². The maximum atomic E-state index is 12.4. The number of hydrogen-bond donors (Lipinski definition) is 1. The summed E-state index contributed by atoms with van der Waals surface area (Å²) in [6, 6.07) is 13.5. The number of anilines is 1. The molecule has 0 aromatic heterocycles. The molecule has 1 heterocycles. The molecule has 1 atom stereocenters. The molecule has 3 rings (SSSR count). The summed E-state index contributed by atoms with van der Waals surface area (Å²) in [6.07, 6.45) is -0.441. The minimum atomic E-state index is -3.63. The van der Waals surface area contributed by atoms with Crippen LogP contribution in [0.25, 0.3) is 0 Å². The highest BCUT2D eigenvalue weighted by Gasteiger charge is 2.28. The van der Waals surface area contributed by atoms with E-state index in [1.807, 2.05) is 6.92 Å². The van der Waals surface area contributed by atoms with E-state index < -0.39 is 16.1 Å². The maximum absolute atomic E-state index is 12.4. The van der Waals surface area contributed by atoms with Gasteiger partial charge in [0.05, 0.1) is 17.5 Å². The van der Waals surface area contributed by atoms with Gasteiger partial charge in [-0.25, -0.2) is 13.1 Å². The Morgan fingerprint density at radius 2 is 1.81 bits per heavy atom. The molecule has 2 aromatic rings. The predicted molar refractivity (Wildman–Crippen MR) is 99.9 cm³/mol. The maximum Gasteiger partial charge on any atom is 0.253 e. The number of hydrogen-bond acceptors (Lipinski definition) is 4. The van der Waals surface area contributed by atoms with Crippen molar-refractivity contribution >= 4 is 33.2 Å². The fourth-order valence-electron chi connectivity index (χ4n) is 2.62. The van der Waals surface area contributed by atoms with Crippen molar-refractivity contribution in [1.29, 1.82) is 0 Å². The van der Waals surface area contributed by atoms with Crippen molar-refractivity contribution in [3.63, 3.8) is 0 Å². The van der Waals surface area contributed by atoms with Crippen LogP contribution < -0.4 is 9.62 Å². The number of sulfonamides is 1. The summed E-state index contributed by atoms with van der Waals surface area (Å²) >= 11 is 5.88. The summed E-state index contributed by atoms with van der Waals surface area (Å²) in [5.74, 6) is -0.176. The summed E-state index contributed by atoms with van der Waals surface area (Å²) in [5, 5.41) is 0.580. The lowest BCUT2D eigenvalue weighted by molar-refractivity contribution is -0.129. The van der Waals surface area contributed by atoms with Crippen LogP contribution >= 0.6 is 11.6 Å². The van der Waals surface area contributed by atoms with Crippen LogP contribution in [-0.2, 0) is 19.6 Å². The molecule has 0 aliphatic carbocycles. The molecule has 1 amide bonds. The second-order valence-electron chi connectivity index (χ2n) is 6.08. The van der Waals surface area contributed by atoms with E-state index in [9.17, 15) is 13.2 Å². The van der Waals surface area contributed by atoms with E-state index in [1.165, 1.54) is 0 Å². The highest BCUT2D eigenvalue weighted by molar-refractivity contribution is 7.89. The summed E-state index contributed by atoms with van der Waals surface area (Å²) < 4.78 is 32.8. The normalized spacial score (nSPS) is 18.2. The molecule has 1 aliphatic rings. The molecule has 2 aromatic carbocycles. The molecule has 26 heavy (non-hydrogen) atoms. The second kappa shape index (κ2) is 7.75. The van der Waals surface area contributed by atoms with Gasteiger partial charge in [0.25, 0.3) is 5.91 Å². The van der Waals surface area contributed by atoms with Gasteiger partial charge in [-0.2, -0.15) is 0 Å². The lowest BCUT2D eigenvalue weighted by Crippen LogP contribution is -2.50. The number of ether oxygens (including phenoxy) is 1. The number of nitrogens with one attached hydrogen (secondary N) is 1. The zero-order chi connectivity index (χ0) is 18.7. The van der Waals surface area contributed by atoms with Crippen LogP contribution in [0.3, 0.4) is 0 Å². The third-order valence-corrected chi connectivity index (χ3v) is 5.79. The van der Waals surface area contributed by atoms with Crippen molar-refractivity contribution in [2.75, 3.05) is 24.6 Å². The quantitative estimate of drug-likeness (QED) is 0.844. The summed E-state index contributed by atoms with van der Waals surface area (Å²) in [6.45, 7) is 2.13. The zero-order valence-electron chi connectivity index (χ0n) is 14.2. The van der Waals surface area contributed by atoms with Crippen molar-refractivity contribution in [2.24, 2.45) is 0 Å². The average Bonchev–Trinajstić information content (AvgIpc) is 2.62. The predicted octanol–water partition coefficient (Wildman–Crippen LogP) is 2.36. The lowest BCUT2D eigenvalue weighted by atomic mass is 10.2. The van der Waals surface area contributed by atoms with Crippen LogP contribution in [0.5, 0.6) is 0 Å². The molecule has 0 bridgehead atoms. The number of benzene rings is 2. The van der Waals surface area contributed by atoms with Crippen molar-refractivity contribution < 1.29 is 17.9 Å². The van der Waals surface area contributed by atoms with Crippen LogP contribution in [0.15, 0.2) is 53.4 Å². The van der Waals surface area contributed by atoms with Crippen LogP contribution in [0.4, 0.5) is 5.69 Å². The Bertz CT molecular complexity index is 882. The summed E-state index contributed by atoms with van der Waals surface area (Å²) in [5.41, 5.74) is 1.69. The first-order valence-corrected chi connectivity index (χ1v) is 9.95. The Morgan fingerprint density at radius 3 is 2.46 bits per heavy atom. The van der Waals surface area contributed by atoms with Gasteiger partial charge in [0.2, 0.25) is 10.0 Å². The SMILES string of the molecule is Cc1ccc(S(=O)(=O)NCC2CN(c3ccc(Cl)cc3)C(=O)CO2)cc1. The second-order valence-corrected chi connectivity index (χ2v) is 8.28. The van der Waals surface area contributed by atoms with E-state index in [2.05, 4.69) is 4.72 Å². The lowest BCUT2D eigenvalue weighted by Gasteiger charge is -2.32. The van der Waals surface area contributed by atoms with Gasteiger partial charge >= 0.3 is 0 Å². The first-order valence-electron chi connectivity index (χ1n) is 8.09. The number of rotatable bonds is 5. The number of carbonyl (C=O) groups excluding carboxylic acids is 1. The largest absolute Gasteiger partial charge is 0.365 e. The summed E-state index contributed by atoms with van der Waals surface area (Å²) in [4.78, 5) is 13.9. The molecule has 6 nitrogen and oxygen atoms in total. The van der Waals surface area contributed by atoms with Gasteiger partial charge in [-0.15, -0.1) is 0 Å². The van der Waals surface area contributed by atoms with Gasteiger partial charge in [-0.3, -0.25) is 4.79 Å². The Hall–Kier alpha value is -1.93. The van der Waals surface area contributed by atoms with Gasteiger partial charge in [0.15, 0.2) is 0 Å². The monoisotopic (exact) mass is 394 g/mol. The Kier molecular flexibility index (Phi) is 5.62. The molecule has 1 saturated heterocycles. The average molecular weight is 395 g/mol. The van der Waals surface area contributed by atoms with Crippen LogP contribution in [0.1, 0.15) is 5.56 Å². The highest BCUT2D eigenvalue weighted by atomic mass is 35.5. The third kappa shape index (κ3) is 4.42. The van der Waals surface area contributed by atoms with Crippen LogP contribution in [-0.4, -0.2) is 40.1 Å². The van der Waals surface area contributed by atoms with Crippen molar-refractivity contribution in [3.05, 3.63) is 59.1 Å². The van der Waals surface area contributed by atoms with Gasteiger partial charge in [-0.05, 0) is 43.3 Å². The summed E-state index contributed by atoms with van der Waals surface area (Å²) in [7, 11) is -3.63. The number of halogens is 1. The van der Waals surface area contributed by atoms with Crippen molar-refractivity contribution in [2.45, 2.75) is 17.9 Å². The zero-order valence-corrected chi connectivity index (χ0v) is 15.8. The van der Waals surface area contributed by atoms with E-state index in [0.29, 0.717) is 10.7 Å². The van der Waals surface area contributed by atoms with Crippen molar-refractivity contribution in [3.8, 4) is 0 Å². The van der Waals surface area contributed by atoms with Gasteiger partial charge in [0.1, 0.15) is 6.61 Å². The van der Waals surface area contributed by atoms with E-state index >= 15 is 0 Å². The fourth-order valence-corrected chi connectivity index (χ4v) is 3.81. The first kappa shape index (κ1) is 18.8. The van der Waals surface area contributed by atoms with E-state index in [1.54, 1.807) is 53.4 Å². The minimum Gasteiger partial charge on any atom is -0.365 e. The smallest absolute Gasteiger partial charge is 0.253 e. The molecule has 138 valence electrons. The van der Waals surface area contributed by atoms with Crippen LogP contribution in [0, 0.1) is 6.92 Å². The number of aryl methyl sites for hydroxylation is 1. The number of amides is 1. The Morgan fingerprint density at radius 1 is 1.15 bits per heavy atom. The Balaban J connectivity index is 1.65. The number of nitrogens with zero attached hydrogens (tertiary/aromatic N) is 1. The van der Waals surface area contributed by atoms with E-state index in [-0.39, 0.29) is 30.5 Å². The topological polar surface area (TPSA) is 75.7 Å². The molecular weight excluding hydrogens is 376 g/mol. The number of morpholine rings is 1. The standard InChI is InChI=1S/C18H19ClN2O4S/c1-13-2-8-17(9-3-13)26(23,24)20-10-16-11-21(18(22)12-25-16)15-6-4-14(19)5-7-15/h2-9,16,20H,10-12H2,1H3. The minimum absolute atomic E-state index is 0.0770. The molecular formula is C18H19ClN2O4S. The third-order valence-electron chi connectivity index (χ3n) is 4.10. The number of carbonyl (C=O) groups is 1. The fraction of sp³-hybridized carbons (Fsp3) is 0.278. The molecule has 1 aliphatic heterocycles. The molecule has 0 radical (unpaired) electrons. The van der Waals surface area contributed by atoms with Gasteiger partial charge in [0, 0.05) is 17.3 Å². The first-order chi connectivity index (χ1) is 12.3. The molecule has 0 saturated carbocycles. The van der Waals surface area contributed by atoms with Crippen LogP contribution in [0.2, 0.25) is 5.02 Å². The van der Waals surface area contributed by atoms with Gasteiger partial charge in [-0.1, -0.05) is 29.3 Å². The molecule has 1 N–H and O–H groups in total. The van der Waals surface area contributed by atoms with E-state index in [0.717, 1.165) is 5.56 Å². The molecule has 1 fully saturated rings. The molecule has 1 unspecified atom stereocenters. The molecule has 0 spiro atoms.